The van der Waals surface area contributed by atoms with E-state index in [0.717, 1.165) is 11.3 Å². The molecule has 1 amide bonds. The van der Waals surface area contributed by atoms with Crippen LogP contribution in [0.5, 0.6) is 0 Å². The van der Waals surface area contributed by atoms with Crippen LogP contribution in [0.3, 0.4) is 0 Å². The number of benzene rings is 1. The van der Waals surface area contributed by atoms with Crippen LogP contribution in [0.4, 0.5) is 11.4 Å². The molecule has 2 rings (SSSR count). The van der Waals surface area contributed by atoms with Gasteiger partial charge in [0.2, 0.25) is 5.91 Å². The van der Waals surface area contributed by atoms with Gasteiger partial charge in [0.05, 0.1) is 27.9 Å². The number of rotatable bonds is 8. The summed E-state index contributed by atoms with van der Waals surface area (Å²) in [5.74, 6) is 0.132. The lowest BCUT2D eigenvalue weighted by atomic mass is 9.97. The minimum atomic E-state index is -0.449. The SMILES string of the molecule is Cc1cccnc1C(NCCC(=O)Nc1cccc([N+](=O)[O-])c1C)C(C)C. The van der Waals surface area contributed by atoms with Gasteiger partial charge in [-0.05, 0) is 37.5 Å². The fraction of sp³-hybridized carbons (Fsp3) is 0.400. The zero-order valence-corrected chi connectivity index (χ0v) is 16.2. The lowest BCUT2D eigenvalue weighted by Crippen LogP contribution is -2.30. The molecule has 0 saturated carbocycles. The first-order chi connectivity index (χ1) is 12.8. The van der Waals surface area contributed by atoms with Crippen molar-refractivity contribution in [3.8, 4) is 0 Å². The van der Waals surface area contributed by atoms with E-state index in [1.54, 1.807) is 25.3 Å². The lowest BCUT2D eigenvalue weighted by molar-refractivity contribution is -0.385. The van der Waals surface area contributed by atoms with Gasteiger partial charge < -0.3 is 10.6 Å². The van der Waals surface area contributed by atoms with Crippen molar-refractivity contribution >= 4 is 17.3 Å². The zero-order valence-electron chi connectivity index (χ0n) is 16.2. The third-order valence-electron chi connectivity index (χ3n) is 4.50. The Morgan fingerprint density at radius 3 is 2.59 bits per heavy atom. The maximum absolute atomic E-state index is 12.3. The number of carbonyl (C=O) groups excluding carboxylic acids is 1. The van der Waals surface area contributed by atoms with E-state index in [9.17, 15) is 14.9 Å². The summed E-state index contributed by atoms with van der Waals surface area (Å²) in [7, 11) is 0. The van der Waals surface area contributed by atoms with Crippen LogP contribution in [0.1, 0.15) is 43.1 Å². The molecule has 0 saturated heterocycles. The number of amides is 1. The summed E-state index contributed by atoms with van der Waals surface area (Å²) in [5.41, 5.74) is 3.02. The van der Waals surface area contributed by atoms with Gasteiger partial charge >= 0.3 is 0 Å². The molecule has 27 heavy (non-hydrogen) atoms. The summed E-state index contributed by atoms with van der Waals surface area (Å²) in [6, 6.07) is 8.65. The Morgan fingerprint density at radius 2 is 1.96 bits per heavy atom. The second-order valence-electron chi connectivity index (χ2n) is 6.89. The first kappa shape index (κ1) is 20.5. The average Bonchev–Trinajstić information content (AvgIpc) is 2.61. The molecule has 1 unspecified atom stereocenters. The molecule has 0 aliphatic carbocycles. The second kappa shape index (κ2) is 9.23. The first-order valence-corrected chi connectivity index (χ1v) is 9.00. The smallest absolute Gasteiger partial charge is 0.274 e. The summed E-state index contributed by atoms with van der Waals surface area (Å²) in [4.78, 5) is 27.3. The van der Waals surface area contributed by atoms with Gasteiger partial charge in [-0.3, -0.25) is 19.9 Å². The van der Waals surface area contributed by atoms with E-state index in [0.29, 0.717) is 23.7 Å². The van der Waals surface area contributed by atoms with Crippen LogP contribution in [-0.4, -0.2) is 22.4 Å². The van der Waals surface area contributed by atoms with Crippen molar-refractivity contribution in [1.82, 2.24) is 10.3 Å². The summed E-state index contributed by atoms with van der Waals surface area (Å²) < 4.78 is 0. The second-order valence-corrected chi connectivity index (χ2v) is 6.89. The van der Waals surface area contributed by atoms with Crippen LogP contribution in [0.15, 0.2) is 36.5 Å². The molecule has 0 aliphatic rings. The fourth-order valence-corrected chi connectivity index (χ4v) is 2.98. The van der Waals surface area contributed by atoms with Crippen molar-refractivity contribution in [3.05, 3.63) is 63.5 Å². The van der Waals surface area contributed by atoms with Crippen LogP contribution < -0.4 is 10.6 Å². The van der Waals surface area contributed by atoms with E-state index in [2.05, 4.69) is 29.5 Å². The van der Waals surface area contributed by atoms with E-state index in [1.807, 2.05) is 19.1 Å². The number of nitrogens with one attached hydrogen (secondary N) is 2. The molecule has 7 nitrogen and oxygen atoms in total. The molecule has 0 spiro atoms. The molecule has 0 radical (unpaired) electrons. The zero-order chi connectivity index (χ0) is 20.0. The minimum Gasteiger partial charge on any atom is -0.326 e. The summed E-state index contributed by atoms with van der Waals surface area (Å²) in [5, 5.41) is 17.2. The van der Waals surface area contributed by atoms with E-state index < -0.39 is 4.92 Å². The van der Waals surface area contributed by atoms with Crippen molar-refractivity contribution in [2.24, 2.45) is 5.92 Å². The van der Waals surface area contributed by atoms with E-state index in [1.165, 1.54) is 6.07 Å². The number of aromatic nitrogens is 1. The average molecular weight is 370 g/mol. The largest absolute Gasteiger partial charge is 0.326 e. The fourth-order valence-electron chi connectivity index (χ4n) is 2.98. The maximum Gasteiger partial charge on any atom is 0.274 e. The lowest BCUT2D eigenvalue weighted by Gasteiger charge is -2.23. The monoisotopic (exact) mass is 370 g/mol. The number of aryl methyl sites for hydroxylation is 1. The molecule has 0 bridgehead atoms. The molecule has 1 heterocycles. The van der Waals surface area contributed by atoms with Gasteiger partial charge in [0.25, 0.3) is 5.69 Å². The molecular formula is C20H26N4O3. The number of anilines is 1. The van der Waals surface area contributed by atoms with Crippen LogP contribution in [-0.2, 0) is 4.79 Å². The molecule has 1 atom stereocenters. The molecule has 7 heteroatoms. The molecule has 1 aromatic heterocycles. The Kier molecular flexibility index (Phi) is 7.01. The highest BCUT2D eigenvalue weighted by molar-refractivity contribution is 5.92. The summed E-state index contributed by atoms with van der Waals surface area (Å²) in [6.45, 7) is 8.36. The van der Waals surface area contributed by atoms with Crippen molar-refractivity contribution in [1.29, 1.82) is 0 Å². The van der Waals surface area contributed by atoms with Gasteiger partial charge in [0, 0.05) is 25.2 Å². The predicted octanol–water partition coefficient (Wildman–Crippen LogP) is 3.92. The summed E-state index contributed by atoms with van der Waals surface area (Å²) >= 11 is 0. The highest BCUT2D eigenvalue weighted by Gasteiger charge is 2.19. The Morgan fingerprint density at radius 1 is 1.22 bits per heavy atom. The minimum absolute atomic E-state index is 0.00331. The molecule has 2 N–H and O–H groups in total. The summed E-state index contributed by atoms with van der Waals surface area (Å²) in [6.07, 6.45) is 2.04. The Labute approximate surface area is 159 Å². The van der Waals surface area contributed by atoms with Crippen molar-refractivity contribution < 1.29 is 9.72 Å². The number of carbonyl (C=O) groups is 1. The van der Waals surface area contributed by atoms with Gasteiger partial charge in [-0.25, -0.2) is 0 Å². The van der Waals surface area contributed by atoms with Crippen molar-refractivity contribution in [3.63, 3.8) is 0 Å². The van der Waals surface area contributed by atoms with E-state index >= 15 is 0 Å². The molecule has 2 aromatic rings. The number of pyridine rings is 1. The quantitative estimate of drug-likeness (QED) is 0.542. The molecule has 144 valence electrons. The van der Waals surface area contributed by atoms with Crippen LogP contribution in [0.25, 0.3) is 0 Å². The van der Waals surface area contributed by atoms with Gasteiger partial charge in [0.1, 0.15) is 0 Å². The number of nitro benzene ring substituents is 1. The third kappa shape index (κ3) is 5.34. The third-order valence-corrected chi connectivity index (χ3v) is 4.50. The number of hydrogen-bond donors (Lipinski definition) is 2. The number of hydrogen-bond acceptors (Lipinski definition) is 5. The Hall–Kier alpha value is -2.80. The van der Waals surface area contributed by atoms with Crippen molar-refractivity contribution in [2.75, 3.05) is 11.9 Å². The van der Waals surface area contributed by atoms with Gasteiger partial charge in [-0.15, -0.1) is 0 Å². The first-order valence-electron chi connectivity index (χ1n) is 9.00. The maximum atomic E-state index is 12.3. The highest BCUT2D eigenvalue weighted by Crippen LogP contribution is 2.25. The van der Waals surface area contributed by atoms with Gasteiger partial charge in [-0.1, -0.05) is 26.0 Å². The Bertz CT molecular complexity index is 821. The van der Waals surface area contributed by atoms with Gasteiger partial charge in [0.15, 0.2) is 0 Å². The number of nitro groups is 1. The predicted molar refractivity (Wildman–Crippen MR) is 106 cm³/mol. The van der Waals surface area contributed by atoms with E-state index in [-0.39, 0.29) is 24.1 Å². The molecule has 1 aromatic carbocycles. The van der Waals surface area contributed by atoms with Crippen LogP contribution in [0.2, 0.25) is 0 Å². The van der Waals surface area contributed by atoms with Crippen LogP contribution >= 0.6 is 0 Å². The Balaban J connectivity index is 1.96. The standard InChI is InChI=1S/C20H26N4O3/c1-13(2)19(20-14(3)7-6-11-21-20)22-12-10-18(25)23-16-8-5-9-17(15(16)4)24(26)27/h5-9,11,13,19,22H,10,12H2,1-4H3,(H,23,25). The highest BCUT2D eigenvalue weighted by atomic mass is 16.6. The number of nitrogens with zero attached hydrogens (tertiary/aromatic N) is 2. The van der Waals surface area contributed by atoms with Gasteiger partial charge in [-0.2, -0.15) is 0 Å². The molecule has 0 fully saturated rings. The topological polar surface area (TPSA) is 97.2 Å². The van der Waals surface area contributed by atoms with E-state index in [4.69, 9.17) is 0 Å². The normalized spacial score (nSPS) is 12.0. The molecular weight excluding hydrogens is 344 g/mol. The molecule has 0 aliphatic heterocycles. The van der Waals surface area contributed by atoms with Crippen molar-refractivity contribution in [2.45, 2.75) is 40.2 Å². The van der Waals surface area contributed by atoms with Crippen LogP contribution in [0, 0.1) is 29.9 Å².